The molecule has 7 heteroatoms. The molecule has 0 aliphatic carbocycles. The lowest BCUT2D eigenvalue weighted by Crippen LogP contribution is -2.42. The summed E-state index contributed by atoms with van der Waals surface area (Å²) in [5.41, 5.74) is -0.617. The third-order valence-corrected chi connectivity index (χ3v) is 4.34. The Morgan fingerprint density at radius 1 is 1.29 bits per heavy atom. The van der Waals surface area contributed by atoms with Crippen molar-refractivity contribution < 1.29 is 18.4 Å². The number of hydrogen-bond donors (Lipinski definition) is 2. The highest BCUT2D eigenvalue weighted by Gasteiger charge is 2.35. The van der Waals surface area contributed by atoms with Crippen LogP contribution in [0.25, 0.3) is 0 Å². The van der Waals surface area contributed by atoms with Crippen LogP contribution in [-0.4, -0.2) is 38.0 Å². The van der Waals surface area contributed by atoms with Crippen LogP contribution in [-0.2, 0) is 13.6 Å². The Kier molecular flexibility index (Phi) is 6.12. The van der Waals surface area contributed by atoms with E-state index in [-0.39, 0.29) is 19.3 Å². The molecular weight excluding hydrogens is 243 g/mol. The molecule has 0 aromatic heterocycles. The zero-order chi connectivity index (χ0) is 12.7. The average Bonchev–Trinajstić information content (AvgIpc) is 2.31. The summed E-state index contributed by atoms with van der Waals surface area (Å²) >= 11 is 0. The first-order chi connectivity index (χ1) is 8.12. The van der Waals surface area contributed by atoms with Crippen molar-refractivity contribution in [1.29, 1.82) is 0 Å². The Hall–Kier alpha value is -0.420. The second-order valence-electron chi connectivity index (χ2n) is 3.81. The van der Waals surface area contributed by atoms with E-state index < -0.39 is 13.2 Å². The fraction of sp³-hybridized carbons (Fsp3) is 0.900. The van der Waals surface area contributed by atoms with Gasteiger partial charge in [0.1, 0.15) is 0 Å². The van der Waals surface area contributed by atoms with E-state index in [1.165, 1.54) is 0 Å². The van der Waals surface area contributed by atoms with Gasteiger partial charge in [-0.15, -0.1) is 0 Å². The van der Waals surface area contributed by atoms with Crippen LogP contribution in [0.1, 0.15) is 26.7 Å². The molecule has 1 amide bonds. The molecule has 0 aromatic rings. The molecule has 1 rings (SSSR count). The van der Waals surface area contributed by atoms with Gasteiger partial charge in [0.05, 0.1) is 13.2 Å². The molecule has 1 heterocycles. The van der Waals surface area contributed by atoms with Crippen molar-refractivity contribution in [3.63, 3.8) is 0 Å². The SMILES string of the molecule is CCOP(=O)(OCC)C(=O)NC1CCNCC1. The third kappa shape index (κ3) is 4.39. The summed E-state index contributed by atoms with van der Waals surface area (Å²) in [7, 11) is -3.65. The lowest BCUT2D eigenvalue weighted by atomic mass is 10.1. The van der Waals surface area contributed by atoms with Gasteiger partial charge in [0.15, 0.2) is 0 Å². The highest BCUT2D eigenvalue weighted by atomic mass is 31.2. The average molecular weight is 264 g/mol. The van der Waals surface area contributed by atoms with Crippen molar-refractivity contribution in [2.75, 3.05) is 26.3 Å². The van der Waals surface area contributed by atoms with E-state index in [4.69, 9.17) is 9.05 Å². The maximum absolute atomic E-state index is 12.1. The minimum absolute atomic E-state index is 0.0537. The third-order valence-electron chi connectivity index (χ3n) is 2.51. The summed E-state index contributed by atoms with van der Waals surface area (Å²) < 4.78 is 22.1. The Morgan fingerprint density at radius 2 is 1.82 bits per heavy atom. The first-order valence-electron chi connectivity index (χ1n) is 6.03. The number of nitrogens with one attached hydrogen (secondary N) is 2. The molecule has 1 fully saturated rings. The van der Waals surface area contributed by atoms with Gasteiger partial charge in [-0.25, -0.2) is 4.57 Å². The fourth-order valence-corrected chi connectivity index (χ4v) is 3.04. The van der Waals surface area contributed by atoms with Crippen molar-refractivity contribution in [2.45, 2.75) is 32.7 Å². The van der Waals surface area contributed by atoms with E-state index in [2.05, 4.69) is 10.6 Å². The van der Waals surface area contributed by atoms with E-state index in [0.717, 1.165) is 25.9 Å². The fourth-order valence-electron chi connectivity index (χ4n) is 1.71. The smallest absolute Gasteiger partial charge is 0.343 e. The summed E-state index contributed by atoms with van der Waals surface area (Å²) in [4.78, 5) is 11.9. The summed E-state index contributed by atoms with van der Waals surface area (Å²) in [6.07, 6.45) is 1.67. The van der Waals surface area contributed by atoms with Crippen molar-refractivity contribution in [2.24, 2.45) is 0 Å². The van der Waals surface area contributed by atoms with E-state index in [1.807, 2.05) is 0 Å². The summed E-state index contributed by atoms with van der Waals surface area (Å²) in [5, 5.41) is 5.93. The minimum atomic E-state index is -3.65. The van der Waals surface area contributed by atoms with E-state index >= 15 is 0 Å². The number of piperidine rings is 1. The molecule has 17 heavy (non-hydrogen) atoms. The number of hydrogen-bond acceptors (Lipinski definition) is 5. The van der Waals surface area contributed by atoms with Gasteiger partial charge in [-0.3, -0.25) is 4.79 Å². The van der Waals surface area contributed by atoms with Crippen LogP contribution < -0.4 is 10.6 Å². The van der Waals surface area contributed by atoms with Crippen molar-refractivity contribution in [1.82, 2.24) is 10.6 Å². The summed E-state index contributed by atoms with van der Waals surface area (Å²) in [5.74, 6) is 0. The Bertz CT molecular complexity index is 282. The summed E-state index contributed by atoms with van der Waals surface area (Å²) in [6.45, 7) is 5.47. The monoisotopic (exact) mass is 264 g/mol. The number of amides is 1. The maximum atomic E-state index is 12.1. The molecule has 0 saturated carbocycles. The molecule has 0 atom stereocenters. The maximum Gasteiger partial charge on any atom is 0.418 e. The molecule has 0 radical (unpaired) electrons. The van der Waals surface area contributed by atoms with Crippen LogP contribution in [0.5, 0.6) is 0 Å². The highest BCUT2D eigenvalue weighted by molar-refractivity contribution is 7.71. The molecule has 100 valence electrons. The second kappa shape index (κ2) is 7.11. The largest absolute Gasteiger partial charge is 0.418 e. The Morgan fingerprint density at radius 3 is 2.29 bits per heavy atom. The van der Waals surface area contributed by atoms with Gasteiger partial charge in [-0.05, 0) is 39.8 Å². The standard InChI is InChI=1S/C10H21N2O4P/c1-3-15-17(14,16-4-2)10(13)12-9-5-7-11-8-6-9/h9,11H,3-8H2,1-2H3,(H,12,13). The summed E-state index contributed by atoms with van der Waals surface area (Å²) in [6, 6.07) is 0.0537. The normalized spacial score (nSPS) is 18.0. The van der Waals surface area contributed by atoms with Gasteiger partial charge >= 0.3 is 13.2 Å². The molecular formula is C10H21N2O4P. The lowest BCUT2D eigenvalue weighted by molar-refractivity contribution is 0.204. The van der Waals surface area contributed by atoms with Crippen LogP contribution >= 0.6 is 7.60 Å². The zero-order valence-corrected chi connectivity index (χ0v) is 11.3. The molecule has 0 aromatic carbocycles. The van der Waals surface area contributed by atoms with Gasteiger partial charge in [-0.2, -0.15) is 0 Å². The van der Waals surface area contributed by atoms with Gasteiger partial charge in [0.2, 0.25) is 0 Å². The van der Waals surface area contributed by atoms with Gasteiger partial charge in [0, 0.05) is 6.04 Å². The first kappa shape index (κ1) is 14.6. The Balaban J connectivity index is 2.54. The van der Waals surface area contributed by atoms with Crippen molar-refractivity contribution >= 4 is 13.2 Å². The minimum Gasteiger partial charge on any atom is -0.343 e. The van der Waals surface area contributed by atoms with Crippen LogP contribution in [0.15, 0.2) is 0 Å². The molecule has 1 saturated heterocycles. The quantitative estimate of drug-likeness (QED) is 0.714. The van der Waals surface area contributed by atoms with Crippen LogP contribution in [0.3, 0.4) is 0 Å². The van der Waals surface area contributed by atoms with E-state index in [1.54, 1.807) is 13.8 Å². The van der Waals surface area contributed by atoms with E-state index in [9.17, 15) is 9.36 Å². The molecule has 2 N–H and O–H groups in total. The molecule has 1 aliphatic heterocycles. The topological polar surface area (TPSA) is 76.7 Å². The molecule has 1 aliphatic rings. The molecule has 0 bridgehead atoms. The van der Waals surface area contributed by atoms with Crippen LogP contribution in [0.4, 0.5) is 4.79 Å². The van der Waals surface area contributed by atoms with Crippen LogP contribution in [0.2, 0.25) is 0 Å². The molecule has 0 spiro atoms. The number of carbonyl (C=O) groups excluding carboxylic acids is 1. The Labute approximate surface area is 102 Å². The van der Waals surface area contributed by atoms with E-state index in [0.29, 0.717) is 0 Å². The van der Waals surface area contributed by atoms with Gasteiger partial charge in [-0.1, -0.05) is 0 Å². The molecule has 6 nitrogen and oxygen atoms in total. The van der Waals surface area contributed by atoms with Crippen molar-refractivity contribution in [3.05, 3.63) is 0 Å². The second-order valence-corrected chi connectivity index (χ2v) is 5.72. The number of rotatable bonds is 6. The predicted molar refractivity (Wildman–Crippen MR) is 65.3 cm³/mol. The van der Waals surface area contributed by atoms with Gasteiger partial charge in [0.25, 0.3) is 0 Å². The molecule has 0 unspecified atom stereocenters. The van der Waals surface area contributed by atoms with Gasteiger partial charge < -0.3 is 19.7 Å². The zero-order valence-electron chi connectivity index (χ0n) is 10.4. The first-order valence-corrected chi connectivity index (χ1v) is 7.57. The lowest BCUT2D eigenvalue weighted by Gasteiger charge is -2.25. The van der Waals surface area contributed by atoms with Crippen LogP contribution in [0, 0.1) is 0 Å². The predicted octanol–water partition coefficient (Wildman–Crippen LogP) is 1.71. The number of carbonyl (C=O) groups is 1. The van der Waals surface area contributed by atoms with Crippen molar-refractivity contribution in [3.8, 4) is 0 Å². The highest BCUT2D eigenvalue weighted by Crippen LogP contribution is 2.48.